The lowest BCUT2D eigenvalue weighted by Crippen LogP contribution is -2.32. The van der Waals surface area contributed by atoms with Crippen LogP contribution in [0, 0.1) is 0 Å². The molecule has 2 atom stereocenters. The molecule has 0 spiro atoms. The molecule has 1 aromatic heterocycles. The van der Waals surface area contributed by atoms with Crippen LogP contribution in [-0.4, -0.2) is 19.8 Å². The first kappa shape index (κ1) is 10.3. The SMILES string of the molecule is COC[C@@H](C)N[C@@H](C)c1ccco1. The summed E-state index contributed by atoms with van der Waals surface area (Å²) >= 11 is 0. The van der Waals surface area contributed by atoms with E-state index in [4.69, 9.17) is 9.15 Å². The number of rotatable bonds is 5. The lowest BCUT2D eigenvalue weighted by atomic mass is 10.2. The molecule has 0 saturated heterocycles. The number of ether oxygens (including phenoxy) is 1. The van der Waals surface area contributed by atoms with Crippen molar-refractivity contribution in [2.45, 2.75) is 25.9 Å². The number of nitrogens with one attached hydrogen (secondary N) is 1. The summed E-state index contributed by atoms with van der Waals surface area (Å²) in [5.74, 6) is 0.961. The van der Waals surface area contributed by atoms with Gasteiger partial charge in [-0.2, -0.15) is 0 Å². The van der Waals surface area contributed by atoms with E-state index in [9.17, 15) is 0 Å². The summed E-state index contributed by atoms with van der Waals surface area (Å²) in [5.41, 5.74) is 0. The summed E-state index contributed by atoms with van der Waals surface area (Å²) in [7, 11) is 1.70. The van der Waals surface area contributed by atoms with Crippen molar-refractivity contribution in [3.63, 3.8) is 0 Å². The van der Waals surface area contributed by atoms with Gasteiger partial charge in [-0.3, -0.25) is 0 Å². The highest BCUT2D eigenvalue weighted by molar-refractivity contribution is 5.03. The maximum absolute atomic E-state index is 5.27. The van der Waals surface area contributed by atoms with E-state index in [2.05, 4.69) is 19.2 Å². The standard InChI is InChI=1S/C10H17NO2/c1-8(7-12-3)11-9(2)10-5-4-6-13-10/h4-6,8-9,11H,7H2,1-3H3/t8-,9+/m1/s1. The first-order valence-corrected chi connectivity index (χ1v) is 4.52. The number of hydrogen-bond acceptors (Lipinski definition) is 3. The second kappa shape index (κ2) is 5.04. The molecule has 0 unspecified atom stereocenters. The Morgan fingerprint density at radius 1 is 1.54 bits per heavy atom. The van der Waals surface area contributed by atoms with Crippen molar-refractivity contribution in [2.24, 2.45) is 0 Å². The minimum atomic E-state index is 0.236. The molecule has 0 bridgehead atoms. The normalized spacial score (nSPS) is 15.6. The van der Waals surface area contributed by atoms with E-state index < -0.39 is 0 Å². The lowest BCUT2D eigenvalue weighted by Gasteiger charge is -2.17. The zero-order chi connectivity index (χ0) is 9.68. The summed E-state index contributed by atoms with van der Waals surface area (Å²) in [5, 5.41) is 3.36. The second-order valence-corrected chi connectivity index (χ2v) is 3.26. The van der Waals surface area contributed by atoms with Gasteiger partial charge in [0.1, 0.15) is 5.76 Å². The third-order valence-corrected chi connectivity index (χ3v) is 1.92. The average Bonchev–Trinajstić information content (AvgIpc) is 2.55. The molecule has 3 nitrogen and oxygen atoms in total. The predicted molar refractivity (Wildman–Crippen MR) is 51.6 cm³/mol. The van der Waals surface area contributed by atoms with Crippen LogP contribution >= 0.6 is 0 Å². The Morgan fingerprint density at radius 3 is 2.85 bits per heavy atom. The van der Waals surface area contributed by atoms with Gasteiger partial charge in [0.2, 0.25) is 0 Å². The Hall–Kier alpha value is -0.800. The van der Waals surface area contributed by atoms with Crippen LogP contribution in [0.3, 0.4) is 0 Å². The Kier molecular flexibility index (Phi) is 3.99. The van der Waals surface area contributed by atoms with E-state index in [0.717, 1.165) is 5.76 Å². The molecule has 1 heterocycles. The fourth-order valence-electron chi connectivity index (χ4n) is 1.34. The molecule has 13 heavy (non-hydrogen) atoms. The summed E-state index contributed by atoms with van der Waals surface area (Å²) in [4.78, 5) is 0. The molecule has 0 aliphatic heterocycles. The molecule has 74 valence electrons. The third-order valence-electron chi connectivity index (χ3n) is 1.92. The van der Waals surface area contributed by atoms with E-state index in [0.29, 0.717) is 12.6 Å². The molecule has 0 aliphatic rings. The third kappa shape index (κ3) is 3.20. The molecule has 1 aromatic rings. The maximum atomic E-state index is 5.27. The highest BCUT2D eigenvalue weighted by Gasteiger charge is 2.10. The largest absolute Gasteiger partial charge is 0.468 e. The van der Waals surface area contributed by atoms with Gasteiger partial charge < -0.3 is 14.5 Å². The lowest BCUT2D eigenvalue weighted by molar-refractivity contribution is 0.166. The molecule has 0 amide bonds. The maximum Gasteiger partial charge on any atom is 0.120 e. The van der Waals surface area contributed by atoms with Crippen molar-refractivity contribution < 1.29 is 9.15 Å². The van der Waals surface area contributed by atoms with Crippen molar-refractivity contribution in [3.8, 4) is 0 Å². The molecule has 0 aromatic carbocycles. The Labute approximate surface area is 79.1 Å². The number of furan rings is 1. The minimum absolute atomic E-state index is 0.236. The fourth-order valence-corrected chi connectivity index (χ4v) is 1.34. The molecule has 0 radical (unpaired) electrons. The number of hydrogen-bond donors (Lipinski definition) is 1. The fraction of sp³-hybridized carbons (Fsp3) is 0.600. The summed E-state index contributed by atoms with van der Waals surface area (Å²) in [6.07, 6.45) is 1.69. The van der Waals surface area contributed by atoms with Crippen molar-refractivity contribution in [3.05, 3.63) is 24.2 Å². The van der Waals surface area contributed by atoms with Crippen molar-refractivity contribution >= 4 is 0 Å². The smallest absolute Gasteiger partial charge is 0.120 e. The predicted octanol–water partition coefficient (Wildman–Crippen LogP) is 1.97. The van der Waals surface area contributed by atoms with E-state index in [1.54, 1.807) is 13.4 Å². The first-order valence-electron chi connectivity index (χ1n) is 4.52. The Balaban J connectivity index is 2.37. The van der Waals surface area contributed by atoms with Crippen LogP contribution in [-0.2, 0) is 4.74 Å². The topological polar surface area (TPSA) is 34.4 Å². The number of methoxy groups -OCH3 is 1. The van der Waals surface area contributed by atoms with Crippen LogP contribution in [0.25, 0.3) is 0 Å². The molecule has 3 heteroatoms. The van der Waals surface area contributed by atoms with Gasteiger partial charge in [0.05, 0.1) is 18.9 Å². The van der Waals surface area contributed by atoms with Gasteiger partial charge >= 0.3 is 0 Å². The van der Waals surface area contributed by atoms with E-state index in [1.165, 1.54) is 0 Å². The van der Waals surface area contributed by atoms with Gasteiger partial charge in [0.15, 0.2) is 0 Å². The quantitative estimate of drug-likeness (QED) is 0.757. The van der Waals surface area contributed by atoms with Crippen LogP contribution in [0.2, 0.25) is 0 Å². The van der Waals surface area contributed by atoms with Crippen LogP contribution in [0.1, 0.15) is 25.6 Å². The molecule has 0 fully saturated rings. The second-order valence-electron chi connectivity index (χ2n) is 3.26. The summed E-state index contributed by atoms with van der Waals surface area (Å²) in [6.45, 7) is 4.87. The molecular weight excluding hydrogens is 166 g/mol. The summed E-state index contributed by atoms with van der Waals surface area (Å²) in [6, 6.07) is 4.44. The molecule has 0 aliphatic carbocycles. The van der Waals surface area contributed by atoms with Crippen molar-refractivity contribution in [2.75, 3.05) is 13.7 Å². The zero-order valence-electron chi connectivity index (χ0n) is 8.41. The monoisotopic (exact) mass is 183 g/mol. The van der Waals surface area contributed by atoms with Crippen molar-refractivity contribution in [1.29, 1.82) is 0 Å². The molecule has 1 rings (SSSR count). The molecule has 0 saturated carbocycles. The van der Waals surface area contributed by atoms with Gasteiger partial charge in [0, 0.05) is 13.2 Å². The average molecular weight is 183 g/mol. The van der Waals surface area contributed by atoms with Gasteiger partial charge in [-0.05, 0) is 26.0 Å². The van der Waals surface area contributed by atoms with Gasteiger partial charge in [-0.25, -0.2) is 0 Å². The van der Waals surface area contributed by atoms with Gasteiger partial charge in [-0.1, -0.05) is 0 Å². The highest BCUT2D eigenvalue weighted by Crippen LogP contribution is 2.12. The molecular formula is C10H17NO2. The van der Waals surface area contributed by atoms with Gasteiger partial charge in [-0.15, -0.1) is 0 Å². The summed E-state index contributed by atoms with van der Waals surface area (Å²) < 4.78 is 10.3. The molecule has 1 N–H and O–H groups in total. The first-order chi connectivity index (χ1) is 6.24. The van der Waals surface area contributed by atoms with Crippen LogP contribution in [0.15, 0.2) is 22.8 Å². The minimum Gasteiger partial charge on any atom is -0.468 e. The van der Waals surface area contributed by atoms with Crippen molar-refractivity contribution in [1.82, 2.24) is 5.32 Å². The van der Waals surface area contributed by atoms with E-state index in [-0.39, 0.29) is 6.04 Å². The van der Waals surface area contributed by atoms with Crippen LogP contribution in [0.4, 0.5) is 0 Å². The van der Waals surface area contributed by atoms with E-state index >= 15 is 0 Å². The Bertz CT molecular complexity index is 221. The van der Waals surface area contributed by atoms with Crippen LogP contribution < -0.4 is 5.32 Å². The van der Waals surface area contributed by atoms with Gasteiger partial charge in [0.25, 0.3) is 0 Å². The zero-order valence-corrected chi connectivity index (χ0v) is 8.41. The van der Waals surface area contributed by atoms with Crippen LogP contribution in [0.5, 0.6) is 0 Å². The highest BCUT2D eigenvalue weighted by atomic mass is 16.5. The van der Waals surface area contributed by atoms with E-state index in [1.807, 2.05) is 12.1 Å². The Morgan fingerprint density at radius 2 is 2.31 bits per heavy atom.